The third-order valence-electron chi connectivity index (χ3n) is 4.28. The van der Waals surface area contributed by atoms with Gasteiger partial charge in [-0.3, -0.25) is 9.59 Å². The summed E-state index contributed by atoms with van der Waals surface area (Å²) in [5.74, 6) is -1.62. The van der Waals surface area contributed by atoms with Gasteiger partial charge in [0.2, 0.25) is 0 Å². The van der Waals surface area contributed by atoms with Crippen molar-refractivity contribution in [2.24, 2.45) is 0 Å². The highest BCUT2D eigenvalue weighted by Gasteiger charge is 2.20. The van der Waals surface area contributed by atoms with Crippen LogP contribution < -0.4 is 10.6 Å². The number of esters is 2. The Hall–Kier alpha value is -3.02. The van der Waals surface area contributed by atoms with Crippen LogP contribution in [0.2, 0.25) is 0 Å². The fraction of sp³-hybridized carbons (Fsp3) is 0.273. The van der Waals surface area contributed by atoms with Crippen molar-refractivity contribution in [3.05, 3.63) is 54.9 Å². The van der Waals surface area contributed by atoms with E-state index in [4.69, 9.17) is 9.47 Å². The van der Waals surface area contributed by atoms with Gasteiger partial charge < -0.3 is 20.1 Å². The van der Waals surface area contributed by atoms with Gasteiger partial charge in [-0.1, -0.05) is 0 Å². The molecule has 3 aromatic rings. The molecule has 0 bridgehead atoms. The van der Waals surface area contributed by atoms with Crippen molar-refractivity contribution in [2.75, 3.05) is 23.8 Å². The number of hydrogen-bond acceptors (Lipinski definition) is 9. The predicted molar refractivity (Wildman–Crippen MR) is 130 cm³/mol. The average molecular weight is 507 g/mol. The zero-order chi connectivity index (χ0) is 24.1. The number of aryl methyl sites for hydroxylation is 2. The molecule has 0 aliphatic carbocycles. The van der Waals surface area contributed by atoms with Crippen molar-refractivity contribution >= 4 is 67.8 Å². The molecule has 0 aromatic carbocycles. The molecule has 0 aliphatic rings. The van der Waals surface area contributed by atoms with Crippen LogP contribution in [0.5, 0.6) is 0 Å². The molecule has 33 heavy (non-hydrogen) atoms. The summed E-state index contributed by atoms with van der Waals surface area (Å²) in [7, 11) is 0. The number of nitrogens with one attached hydrogen (secondary N) is 2. The van der Waals surface area contributed by atoms with Crippen molar-refractivity contribution in [3.8, 4) is 0 Å². The molecule has 8 nitrogen and oxygen atoms in total. The lowest BCUT2D eigenvalue weighted by Crippen LogP contribution is -2.10. The first-order valence-corrected chi connectivity index (χ1v) is 12.5. The molecule has 0 atom stereocenters. The third-order valence-corrected chi connectivity index (χ3v) is 7.63. The van der Waals surface area contributed by atoms with Crippen LogP contribution in [0.1, 0.15) is 63.7 Å². The first kappa shape index (κ1) is 24.6. The molecule has 2 amide bonds. The number of thiophene rings is 3. The minimum Gasteiger partial charge on any atom is -0.462 e. The Morgan fingerprint density at radius 2 is 1.12 bits per heavy atom. The lowest BCUT2D eigenvalue weighted by Gasteiger charge is -2.01. The van der Waals surface area contributed by atoms with Crippen LogP contribution in [0.25, 0.3) is 0 Å². The Morgan fingerprint density at radius 3 is 1.48 bits per heavy atom. The molecule has 0 saturated carbocycles. The van der Waals surface area contributed by atoms with E-state index >= 15 is 0 Å². The zero-order valence-corrected chi connectivity index (χ0v) is 20.8. The first-order chi connectivity index (χ1) is 15.7. The highest BCUT2D eigenvalue weighted by molar-refractivity contribution is 7.19. The van der Waals surface area contributed by atoms with Crippen LogP contribution in [-0.2, 0) is 9.47 Å². The summed E-state index contributed by atoms with van der Waals surface area (Å²) in [6, 6.07) is 6.53. The lowest BCUT2D eigenvalue weighted by atomic mass is 10.3. The van der Waals surface area contributed by atoms with Crippen LogP contribution in [0.4, 0.5) is 10.0 Å². The summed E-state index contributed by atoms with van der Waals surface area (Å²) in [4.78, 5) is 50.7. The van der Waals surface area contributed by atoms with Crippen molar-refractivity contribution in [1.82, 2.24) is 0 Å². The maximum atomic E-state index is 12.6. The van der Waals surface area contributed by atoms with Gasteiger partial charge in [0.25, 0.3) is 11.8 Å². The molecule has 2 N–H and O–H groups in total. The van der Waals surface area contributed by atoms with Crippen molar-refractivity contribution < 1.29 is 28.7 Å². The van der Waals surface area contributed by atoms with Gasteiger partial charge in [-0.15, -0.1) is 34.0 Å². The number of rotatable bonds is 8. The maximum Gasteiger partial charge on any atom is 0.348 e. The van der Waals surface area contributed by atoms with E-state index in [0.29, 0.717) is 40.6 Å². The van der Waals surface area contributed by atoms with Crippen LogP contribution in [0.3, 0.4) is 0 Å². The molecule has 0 aliphatic heterocycles. The Balaban J connectivity index is 1.66. The SMILES string of the molecule is CCOC(=O)c1sc(NC(=O)c2ccc(C(=O)Nc3cc(C)c(C(=O)OCC)s3)s2)cc1C. The fourth-order valence-corrected chi connectivity index (χ4v) is 5.53. The number of anilines is 2. The molecule has 3 aromatic heterocycles. The number of amides is 2. The normalized spacial score (nSPS) is 10.5. The van der Waals surface area contributed by atoms with E-state index < -0.39 is 11.9 Å². The summed E-state index contributed by atoms with van der Waals surface area (Å²) in [5.41, 5.74) is 1.43. The van der Waals surface area contributed by atoms with E-state index in [1.807, 2.05) is 0 Å². The van der Waals surface area contributed by atoms with E-state index in [2.05, 4.69) is 10.6 Å². The molecule has 3 rings (SSSR count). The van der Waals surface area contributed by atoms with E-state index in [-0.39, 0.29) is 25.0 Å². The third kappa shape index (κ3) is 5.86. The second kappa shape index (κ2) is 10.7. The van der Waals surface area contributed by atoms with Crippen LogP contribution in [0, 0.1) is 13.8 Å². The Morgan fingerprint density at radius 1 is 0.727 bits per heavy atom. The molecule has 0 fully saturated rings. The summed E-state index contributed by atoms with van der Waals surface area (Å²) < 4.78 is 10.0. The molecule has 0 saturated heterocycles. The average Bonchev–Trinajstić information content (AvgIpc) is 3.47. The summed E-state index contributed by atoms with van der Waals surface area (Å²) in [6.45, 7) is 7.54. The predicted octanol–water partition coefficient (Wildman–Crippen LogP) is 5.35. The first-order valence-electron chi connectivity index (χ1n) is 10.0. The smallest absolute Gasteiger partial charge is 0.348 e. The highest BCUT2D eigenvalue weighted by atomic mass is 32.1. The second-order valence-electron chi connectivity index (χ2n) is 6.76. The van der Waals surface area contributed by atoms with Gasteiger partial charge in [0.05, 0.1) is 33.0 Å². The number of carbonyl (C=O) groups excluding carboxylic acids is 4. The molecule has 11 heteroatoms. The standard InChI is InChI=1S/C22H22N2O6S3/c1-5-29-21(27)17-11(3)9-15(32-17)23-19(25)13-7-8-14(31-13)20(26)24-16-10-12(4)18(33-16)22(28)30-6-2/h7-10H,5-6H2,1-4H3,(H,23,25)(H,24,26). The quantitative estimate of drug-likeness (QED) is 0.399. The minimum atomic E-state index is -0.425. The Bertz CT molecular complexity index is 1120. The van der Waals surface area contributed by atoms with Crippen molar-refractivity contribution in [1.29, 1.82) is 0 Å². The summed E-state index contributed by atoms with van der Waals surface area (Å²) >= 11 is 3.31. The highest BCUT2D eigenvalue weighted by Crippen LogP contribution is 2.30. The summed E-state index contributed by atoms with van der Waals surface area (Å²) in [5, 5.41) is 6.54. The topological polar surface area (TPSA) is 111 Å². The van der Waals surface area contributed by atoms with E-state index in [1.54, 1.807) is 52.0 Å². The summed E-state index contributed by atoms with van der Waals surface area (Å²) in [6.07, 6.45) is 0. The Kier molecular flexibility index (Phi) is 8.01. The van der Waals surface area contributed by atoms with Gasteiger partial charge in [-0.2, -0.15) is 0 Å². The largest absolute Gasteiger partial charge is 0.462 e. The van der Waals surface area contributed by atoms with Gasteiger partial charge >= 0.3 is 11.9 Å². The maximum absolute atomic E-state index is 12.6. The molecule has 0 spiro atoms. The van der Waals surface area contributed by atoms with Gasteiger partial charge in [0.15, 0.2) is 0 Å². The minimum absolute atomic E-state index is 0.271. The molecule has 174 valence electrons. The van der Waals surface area contributed by atoms with Crippen LogP contribution >= 0.6 is 34.0 Å². The fourth-order valence-electron chi connectivity index (χ4n) is 2.81. The molecular formula is C22H22N2O6S3. The number of ether oxygens (including phenoxy) is 2. The van der Waals surface area contributed by atoms with E-state index in [1.165, 1.54) is 0 Å². The molecule has 0 radical (unpaired) electrons. The van der Waals surface area contributed by atoms with E-state index in [0.717, 1.165) is 34.0 Å². The van der Waals surface area contributed by atoms with Gasteiger partial charge in [-0.25, -0.2) is 9.59 Å². The van der Waals surface area contributed by atoms with Crippen LogP contribution in [-0.4, -0.2) is 37.0 Å². The Labute approximate surface area is 202 Å². The zero-order valence-electron chi connectivity index (χ0n) is 18.4. The number of carbonyl (C=O) groups is 4. The monoisotopic (exact) mass is 506 g/mol. The van der Waals surface area contributed by atoms with Gasteiger partial charge in [0, 0.05) is 0 Å². The van der Waals surface area contributed by atoms with E-state index in [9.17, 15) is 19.2 Å². The molecule has 0 unspecified atom stereocenters. The lowest BCUT2D eigenvalue weighted by molar-refractivity contribution is 0.0521. The number of hydrogen-bond donors (Lipinski definition) is 2. The van der Waals surface area contributed by atoms with Crippen molar-refractivity contribution in [2.45, 2.75) is 27.7 Å². The van der Waals surface area contributed by atoms with Crippen LogP contribution in [0.15, 0.2) is 24.3 Å². The second-order valence-corrected chi connectivity index (χ2v) is 9.95. The molecule has 3 heterocycles. The van der Waals surface area contributed by atoms with Gasteiger partial charge in [-0.05, 0) is 63.1 Å². The van der Waals surface area contributed by atoms with Gasteiger partial charge in [0.1, 0.15) is 9.75 Å². The van der Waals surface area contributed by atoms with Crippen molar-refractivity contribution in [3.63, 3.8) is 0 Å². The molecular weight excluding hydrogens is 484 g/mol.